The lowest BCUT2D eigenvalue weighted by Gasteiger charge is -2.11. The molecule has 0 aliphatic rings. The summed E-state index contributed by atoms with van der Waals surface area (Å²) in [5.74, 6) is -1.03. The van der Waals surface area contributed by atoms with Gasteiger partial charge in [-0.1, -0.05) is 6.07 Å². The minimum atomic E-state index is -0.900. The third-order valence-corrected chi connectivity index (χ3v) is 2.47. The molecule has 0 atom stereocenters. The van der Waals surface area contributed by atoms with Crippen molar-refractivity contribution in [1.82, 2.24) is 5.32 Å². The molecule has 0 aromatic heterocycles. The number of carbonyl (C=O) groups excluding carboxylic acids is 3. The molecular formula is C14H17NO7. The summed E-state index contributed by atoms with van der Waals surface area (Å²) in [7, 11) is 2.81. The van der Waals surface area contributed by atoms with E-state index in [2.05, 4.69) is 4.74 Å². The lowest BCUT2D eigenvalue weighted by molar-refractivity contribution is -0.123. The van der Waals surface area contributed by atoms with Crippen LogP contribution in [0, 0.1) is 0 Å². The molecule has 2 amide bonds. The largest absolute Gasteiger partial charge is 0.493 e. The third kappa shape index (κ3) is 4.65. The van der Waals surface area contributed by atoms with Crippen molar-refractivity contribution in [3.8, 4) is 11.5 Å². The molecule has 0 radical (unpaired) electrons. The van der Waals surface area contributed by atoms with Gasteiger partial charge in [-0.2, -0.15) is 0 Å². The molecule has 8 nitrogen and oxygen atoms in total. The van der Waals surface area contributed by atoms with Crippen LogP contribution in [-0.2, 0) is 14.3 Å². The Bertz CT molecular complexity index is 556. The van der Waals surface area contributed by atoms with Crippen molar-refractivity contribution >= 4 is 18.0 Å². The third-order valence-electron chi connectivity index (χ3n) is 2.47. The Labute approximate surface area is 127 Å². The van der Waals surface area contributed by atoms with E-state index < -0.39 is 24.6 Å². The monoisotopic (exact) mass is 311 g/mol. The molecule has 120 valence electrons. The average Bonchev–Trinajstić information content (AvgIpc) is 2.51. The fourth-order valence-corrected chi connectivity index (χ4v) is 1.57. The molecule has 22 heavy (non-hydrogen) atoms. The van der Waals surface area contributed by atoms with Crippen LogP contribution < -0.4 is 14.8 Å². The van der Waals surface area contributed by atoms with Crippen molar-refractivity contribution in [2.45, 2.75) is 6.92 Å². The highest BCUT2D eigenvalue weighted by atomic mass is 16.6. The molecule has 0 saturated carbocycles. The molecule has 0 unspecified atom stereocenters. The van der Waals surface area contributed by atoms with E-state index in [1.807, 2.05) is 5.32 Å². The first-order valence-electron chi connectivity index (χ1n) is 6.38. The van der Waals surface area contributed by atoms with Crippen molar-refractivity contribution in [2.24, 2.45) is 0 Å². The summed E-state index contributed by atoms with van der Waals surface area (Å²) in [4.78, 5) is 34.4. The van der Waals surface area contributed by atoms with Gasteiger partial charge in [0.2, 0.25) is 0 Å². The molecule has 1 aromatic carbocycles. The number of para-hydroxylation sites is 1. The Morgan fingerprint density at radius 2 is 1.82 bits per heavy atom. The molecule has 1 N–H and O–H groups in total. The van der Waals surface area contributed by atoms with Gasteiger partial charge < -0.3 is 18.9 Å². The highest BCUT2D eigenvalue weighted by Gasteiger charge is 2.19. The maximum atomic E-state index is 12.0. The Morgan fingerprint density at radius 3 is 2.41 bits per heavy atom. The SMILES string of the molecule is CCOC(=O)NC(=O)COC(=O)c1cccc(OC)c1OC. The summed E-state index contributed by atoms with van der Waals surface area (Å²) in [5, 5.41) is 1.91. The number of imide groups is 1. The molecule has 0 spiro atoms. The van der Waals surface area contributed by atoms with Crippen LogP contribution in [0.5, 0.6) is 11.5 Å². The molecule has 0 bridgehead atoms. The minimum absolute atomic E-state index is 0.103. The van der Waals surface area contributed by atoms with Gasteiger partial charge in [-0.25, -0.2) is 9.59 Å². The first kappa shape index (κ1) is 17.3. The molecule has 0 aliphatic heterocycles. The molecule has 8 heteroatoms. The molecule has 1 aromatic rings. The summed E-state index contributed by atoms with van der Waals surface area (Å²) in [6.45, 7) is 1.09. The van der Waals surface area contributed by atoms with Gasteiger partial charge in [-0.15, -0.1) is 0 Å². The molecule has 0 heterocycles. The van der Waals surface area contributed by atoms with Gasteiger partial charge in [-0.05, 0) is 19.1 Å². The fourth-order valence-electron chi connectivity index (χ4n) is 1.57. The Morgan fingerprint density at radius 1 is 1.09 bits per heavy atom. The lowest BCUT2D eigenvalue weighted by Crippen LogP contribution is -2.34. The van der Waals surface area contributed by atoms with Crippen LogP contribution in [0.1, 0.15) is 17.3 Å². The van der Waals surface area contributed by atoms with E-state index >= 15 is 0 Å². The number of benzene rings is 1. The van der Waals surface area contributed by atoms with Gasteiger partial charge in [-0.3, -0.25) is 10.1 Å². The smallest absolute Gasteiger partial charge is 0.413 e. The summed E-state index contributed by atoms with van der Waals surface area (Å²) in [6, 6.07) is 4.66. The minimum Gasteiger partial charge on any atom is -0.493 e. The number of amides is 2. The average molecular weight is 311 g/mol. The first-order valence-corrected chi connectivity index (χ1v) is 6.38. The Hall–Kier alpha value is -2.77. The van der Waals surface area contributed by atoms with Crippen LogP contribution >= 0.6 is 0 Å². The summed E-state index contributed by atoms with van der Waals surface area (Å²) < 4.78 is 19.5. The fraction of sp³-hybridized carbons (Fsp3) is 0.357. The van der Waals surface area contributed by atoms with Crippen molar-refractivity contribution in [3.05, 3.63) is 23.8 Å². The van der Waals surface area contributed by atoms with Crippen molar-refractivity contribution in [3.63, 3.8) is 0 Å². The Balaban J connectivity index is 2.66. The summed E-state index contributed by atoms with van der Waals surface area (Å²) >= 11 is 0. The lowest BCUT2D eigenvalue weighted by atomic mass is 10.2. The predicted molar refractivity (Wildman–Crippen MR) is 75.0 cm³/mol. The zero-order valence-corrected chi connectivity index (χ0v) is 12.5. The number of methoxy groups -OCH3 is 2. The van der Waals surface area contributed by atoms with Gasteiger partial charge in [0.15, 0.2) is 18.1 Å². The van der Waals surface area contributed by atoms with Crippen LogP contribution in [0.25, 0.3) is 0 Å². The van der Waals surface area contributed by atoms with E-state index in [9.17, 15) is 14.4 Å². The zero-order chi connectivity index (χ0) is 16.5. The van der Waals surface area contributed by atoms with E-state index in [1.165, 1.54) is 20.3 Å². The number of carbonyl (C=O) groups is 3. The number of hydrogen-bond donors (Lipinski definition) is 1. The van der Waals surface area contributed by atoms with Crippen LogP contribution in [0.2, 0.25) is 0 Å². The van der Waals surface area contributed by atoms with Gasteiger partial charge in [0.25, 0.3) is 5.91 Å². The van der Waals surface area contributed by atoms with Crippen molar-refractivity contribution < 1.29 is 33.3 Å². The van der Waals surface area contributed by atoms with Gasteiger partial charge in [0.1, 0.15) is 5.56 Å². The number of nitrogens with one attached hydrogen (secondary N) is 1. The molecular weight excluding hydrogens is 294 g/mol. The highest BCUT2D eigenvalue weighted by Crippen LogP contribution is 2.30. The van der Waals surface area contributed by atoms with E-state index in [-0.39, 0.29) is 17.9 Å². The van der Waals surface area contributed by atoms with Crippen molar-refractivity contribution in [2.75, 3.05) is 27.4 Å². The van der Waals surface area contributed by atoms with Gasteiger partial charge >= 0.3 is 12.1 Å². The topological polar surface area (TPSA) is 100 Å². The van der Waals surface area contributed by atoms with Crippen LogP contribution in [0.3, 0.4) is 0 Å². The van der Waals surface area contributed by atoms with E-state index in [0.717, 1.165) is 0 Å². The number of alkyl carbamates (subject to hydrolysis) is 1. The number of hydrogen-bond acceptors (Lipinski definition) is 7. The second-order valence-electron chi connectivity index (χ2n) is 3.89. The van der Waals surface area contributed by atoms with Crippen LogP contribution in [0.15, 0.2) is 18.2 Å². The number of rotatable bonds is 6. The van der Waals surface area contributed by atoms with Crippen molar-refractivity contribution in [1.29, 1.82) is 0 Å². The molecule has 1 rings (SSSR count). The molecule has 0 aliphatic carbocycles. The Kier molecular flexibility index (Phi) is 6.68. The maximum absolute atomic E-state index is 12.0. The van der Waals surface area contributed by atoms with Gasteiger partial charge in [0, 0.05) is 0 Å². The maximum Gasteiger partial charge on any atom is 0.413 e. The second-order valence-corrected chi connectivity index (χ2v) is 3.89. The quantitative estimate of drug-likeness (QED) is 0.786. The van der Waals surface area contributed by atoms with Crippen LogP contribution in [0.4, 0.5) is 4.79 Å². The normalized spacial score (nSPS) is 9.59. The van der Waals surface area contributed by atoms with E-state index in [1.54, 1.807) is 19.1 Å². The van der Waals surface area contributed by atoms with Crippen LogP contribution in [-0.4, -0.2) is 45.4 Å². The van der Waals surface area contributed by atoms with E-state index in [0.29, 0.717) is 5.75 Å². The molecule has 0 fully saturated rings. The second kappa shape index (κ2) is 8.50. The number of esters is 1. The first-order chi connectivity index (χ1) is 10.5. The summed E-state index contributed by atoms with van der Waals surface area (Å²) in [6.07, 6.45) is -0.900. The number of ether oxygens (including phenoxy) is 4. The summed E-state index contributed by atoms with van der Waals surface area (Å²) in [5.41, 5.74) is 0.103. The highest BCUT2D eigenvalue weighted by molar-refractivity contribution is 5.97. The van der Waals surface area contributed by atoms with E-state index in [4.69, 9.17) is 14.2 Å². The predicted octanol–water partition coefficient (Wildman–Crippen LogP) is 1.13. The van der Waals surface area contributed by atoms with Gasteiger partial charge in [0.05, 0.1) is 20.8 Å². The molecule has 0 saturated heterocycles. The standard InChI is InChI=1S/C14H17NO7/c1-4-21-14(18)15-11(16)8-22-13(17)9-6-5-7-10(19-2)12(9)20-3/h5-7H,4,8H2,1-3H3,(H,15,16,18). The zero-order valence-electron chi connectivity index (χ0n) is 12.5.